The molecule has 116 valence electrons. The van der Waals surface area contributed by atoms with Gasteiger partial charge in [0.2, 0.25) is 5.91 Å². The molecule has 0 spiro atoms. The van der Waals surface area contributed by atoms with E-state index in [2.05, 4.69) is 5.32 Å². The van der Waals surface area contributed by atoms with Crippen LogP contribution in [0.1, 0.15) is 18.4 Å². The number of carbonyl (C=O) groups is 2. The van der Waals surface area contributed by atoms with E-state index < -0.39 is 0 Å². The molecule has 2 rings (SSSR count). The van der Waals surface area contributed by atoms with Crippen LogP contribution in [0.2, 0.25) is 0 Å². The maximum atomic E-state index is 12.1. The SMILES string of the molecule is Cc1ccc(N2C[C@@H](NC(=O)N(C)CCC#N)CC2=O)cc1. The number of amides is 3. The Labute approximate surface area is 130 Å². The van der Waals surface area contributed by atoms with Crippen LogP contribution in [-0.4, -0.2) is 43.0 Å². The molecule has 1 heterocycles. The Kier molecular flexibility index (Phi) is 4.99. The number of nitrogens with one attached hydrogen (secondary N) is 1. The second-order valence-corrected chi connectivity index (χ2v) is 5.52. The summed E-state index contributed by atoms with van der Waals surface area (Å²) in [5.41, 5.74) is 1.99. The number of rotatable bonds is 4. The molecule has 1 aliphatic heterocycles. The monoisotopic (exact) mass is 300 g/mol. The van der Waals surface area contributed by atoms with Crippen molar-refractivity contribution in [1.82, 2.24) is 10.2 Å². The first-order valence-electron chi connectivity index (χ1n) is 7.27. The van der Waals surface area contributed by atoms with Crippen molar-refractivity contribution in [3.05, 3.63) is 29.8 Å². The summed E-state index contributed by atoms with van der Waals surface area (Å²) in [4.78, 5) is 27.2. The number of anilines is 1. The molecule has 0 aromatic heterocycles. The van der Waals surface area contributed by atoms with Gasteiger partial charge in [-0.1, -0.05) is 17.7 Å². The van der Waals surface area contributed by atoms with Crippen molar-refractivity contribution in [2.24, 2.45) is 0 Å². The zero-order chi connectivity index (χ0) is 16.1. The molecule has 6 heteroatoms. The average molecular weight is 300 g/mol. The first-order valence-corrected chi connectivity index (χ1v) is 7.27. The molecule has 0 saturated carbocycles. The number of carbonyl (C=O) groups excluding carboxylic acids is 2. The minimum atomic E-state index is -0.251. The van der Waals surface area contributed by atoms with Gasteiger partial charge in [-0.2, -0.15) is 5.26 Å². The molecule has 6 nitrogen and oxygen atoms in total. The molecule has 1 aromatic carbocycles. The van der Waals surface area contributed by atoms with Gasteiger partial charge in [0.1, 0.15) is 0 Å². The molecule has 0 bridgehead atoms. The van der Waals surface area contributed by atoms with E-state index >= 15 is 0 Å². The highest BCUT2D eigenvalue weighted by Gasteiger charge is 2.31. The molecular formula is C16H20N4O2. The predicted molar refractivity (Wildman–Crippen MR) is 83.3 cm³/mol. The normalized spacial score (nSPS) is 17.2. The summed E-state index contributed by atoms with van der Waals surface area (Å²) >= 11 is 0. The van der Waals surface area contributed by atoms with Crippen LogP contribution in [0.4, 0.5) is 10.5 Å². The second kappa shape index (κ2) is 6.94. The summed E-state index contributed by atoms with van der Waals surface area (Å²) in [6.07, 6.45) is 0.592. The minimum absolute atomic E-state index is 0.00818. The van der Waals surface area contributed by atoms with Crippen molar-refractivity contribution >= 4 is 17.6 Å². The Hall–Kier alpha value is -2.55. The van der Waals surface area contributed by atoms with Crippen molar-refractivity contribution in [1.29, 1.82) is 5.26 Å². The first kappa shape index (κ1) is 15.8. The van der Waals surface area contributed by atoms with Gasteiger partial charge >= 0.3 is 6.03 Å². The standard InChI is InChI=1S/C16H20N4O2/c1-12-4-6-14(7-5-12)20-11-13(10-15(20)21)18-16(22)19(2)9-3-8-17/h4-7,13H,3,9-11H2,1-2H3,(H,18,22)/t13-/m0/s1. The summed E-state index contributed by atoms with van der Waals surface area (Å²) in [6, 6.07) is 9.30. The second-order valence-electron chi connectivity index (χ2n) is 5.52. The quantitative estimate of drug-likeness (QED) is 0.918. The van der Waals surface area contributed by atoms with Gasteiger partial charge in [-0.15, -0.1) is 0 Å². The van der Waals surface area contributed by atoms with Gasteiger partial charge in [-0.05, 0) is 19.1 Å². The van der Waals surface area contributed by atoms with Crippen LogP contribution in [0.15, 0.2) is 24.3 Å². The molecule has 1 aromatic rings. The molecule has 1 aliphatic rings. The maximum absolute atomic E-state index is 12.1. The summed E-state index contributed by atoms with van der Waals surface area (Å²) in [5.74, 6) is 0.00818. The lowest BCUT2D eigenvalue weighted by Crippen LogP contribution is -2.44. The Morgan fingerprint density at radius 3 is 2.77 bits per heavy atom. The van der Waals surface area contributed by atoms with Crippen LogP contribution in [0.25, 0.3) is 0 Å². The zero-order valence-corrected chi connectivity index (χ0v) is 12.9. The lowest BCUT2D eigenvalue weighted by Gasteiger charge is -2.20. The van der Waals surface area contributed by atoms with Crippen molar-refractivity contribution in [2.75, 3.05) is 25.0 Å². The molecule has 0 aliphatic carbocycles. The smallest absolute Gasteiger partial charge is 0.317 e. The fraction of sp³-hybridized carbons (Fsp3) is 0.438. The number of aryl methyl sites for hydroxylation is 1. The number of urea groups is 1. The minimum Gasteiger partial charge on any atom is -0.333 e. The third-order valence-electron chi connectivity index (χ3n) is 3.70. The molecule has 3 amide bonds. The zero-order valence-electron chi connectivity index (χ0n) is 12.9. The van der Waals surface area contributed by atoms with Gasteiger partial charge in [0.05, 0.1) is 18.5 Å². The predicted octanol–water partition coefficient (Wildman–Crippen LogP) is 1.66. The highest BCUT2D eigenvalue weighted by Crippen LogP contribution is 2.22. The van der Waals surface area contributed by atoms with Crippen LogP contribution in [0, 0.1) is 18.3 Å². The fourth-order valence-electron chi connectivity index (χ4n) is 2.38. The number of benzene rings is 1. The largest absolute Gasteiger partial charge is 0.333 e. The van der Waals surface area contributed by atoms with Crippen LogP contribution >= 0.6 is 0 Å². The van der Waals surface area contributed by atoms with Gasteiger partial charge in [0.25, 0.3) is 0 Å². The van der Waals surface area contributed by atoms with Crippen molar-refractivity contribution in [3.63, 3.8) is 0 Å². The average Bonchev–Trinajstić information content (AvgIpc) is 2.86. The van der Waals surface area contributed by atoms with Crippen LogP contribution in [0.5, 0.6) is 0 Å². The van der Waals surface area contributed by atoms with Crippen molar-refractivity contribution in [2.45, 2.75) is 25.8 Å². The van der Waals surface area contributed by atoms with E-state index in [1.54, 1.807) is 11.9 Å². The van der Waals surface area contributed by atoms with Crippen LogP contribution in [-0.2, 0) is 4.79 Å². The van der Waals surface area contributed by atoms with E-state index in [-0.39, 0.29) is 18.0 Å². The van der Waals surface area contributed by atoms with E-state index in [1.807, 2.05) is 37.3 Å². The number of nitriles is 1. The van der Waals surface area contributed by atoms with E-state index in [4.69, 9.17) is 5.26 Å². The topological polar surface area (TPSA) is 76.4 Å². The summed E-state index contributed by atoms with van der Waals surface area (Å²) in [5, 5.41) is 11.4. The number of nitrogens with zero attached hydrogens (tertiary/aromatic N) is 3. The molecule has 0 radical (unpaired) electrons. The maximum Gasteiger partial charge on any atom is 0.317 e. The number of hydrogen-bond acceptors (Lipinski definition) is 3. The lowest BCUT2D eigenvalue weighted by atomic mass is 10.2. The highest BCUT2D eigenvalue weighted by molar-refractivity contribution is 5.96. The van der Waals surface area contributed by atoms with Gasteiger partial charge in [-0.3, -0.25) is 4.79 Å². The summed E-state index contributed by atoms with van der Waals surface area (Å²) in [7, 11) is 1.64. The fourth-order valence-corrected chi connectivity index (χ4v) is 2.38. The Bertz CT molecular complexity index is 591. The van der Waals surface area contributed by atoms with Gasteiger partial charge in [0, 0.05) is 32.2 Å². The molecule has 0 unspecified atom stereocenters. The Morgan fingerprint density at radius 2 is 2.14 bits per heavy atom. The Morgan fingerprint density at radius 1 is 1.45 bits per heavy atom. The molecule has 1 fully saturated rings. The van der Waals surface area contributed by atoms with Crippen molar-refractivity contribution < 1.29 is 9.59 Å². The van der Waals surface area contributed by atoms with Gasteiger partial charge < -0.3 is 15.1 Å². The molecule has 1 atom stereocenters. The lowest BCUT2D eigenvalue weighted by molar-refractivity contribution is -0.117. The van der Waals surface area contributed by atoms with E-state index in [0.29, 0.717) is 25.9 Å². The van der Waals surface area contributed by atoms with Gasteiger partial charge in [0.15, 0.2) is 0 Å². The van der Waals surface area contributed by atoms with E-state index in [9.17, 15) is 9.59 Å². The highest BCUT2D eigenvalue weighted by atomic mass is 16.2. The van der Waals surface area contributed by atoms with E-state index in [0.717, 1.165) is 11.3 Å². The third kappa shape index (κ3) is 3.76. The molecule has 22 heavy (non-hydrogen) atoms. The summed E-state index contributed by atoms with van der Waals surface area (Å²) in [6.45, 7) is 2.85. The number of hydrogen-bond donors (Lipinski definition) is 1. The van der Waals surface area contributed by atoms with Crippen LogP contribution in [0.3, 0.4) is 0 Å². The third-order valence-corrected chi connectivity index (χ3v) is 3.70. The molecular weight excluding hydrogens is 280 g/mol. The van der Waals surface area contributed by atoms with E-state index in [1.165, 1.54) is 4.90 Å². The Balaban J connectivity index is 1.93. The van der Waals surface area contributed by atoms with Crippen LogP contribution < -0.4 is 10.2 Å². The summed E-state index contributed by atoms with van der Waals surface area (Å²) < 4.78 is 0. The van der Waals surface area contributed by atoms with Gasteiger partial charge in [-0.25, -0.2) is 4.79 Å². The van der Waals surface area contributed by atoms with Crippen molar-refractivity contribution in [3.8, 4) is 6.07 Å². The molecule has 1 saturated heterocycles. The first-order chi connectivity index (χ1) is 10.5. The molecule has 1 N–H and O–H groups in total.